The van der Waals surface area contributed by atoms with Gasteiger partial charge in [0.15, 0.2) is 0 Å². The summed E-state index contributed by atoms with van der Waals surface area (Å²) in [6.45, 7) is 5.32. The van der Waals surface area contributed by atoms with Gasteiger partial charge in [0, 0.05) is 31.2 Å². The Hall–Kier alpha value is -1.51. The maximum atomic E-state index is 11.6. The SMILES string of the molecule is C[C@@H]1CCCN(c2ccc(CNC(=O)C3CC3)cc2)C1. The van der Waals surface area contributed by atoms with E-state index in [0.29, 0.717) is 12.5 Å². The number of piperidine rings is 1. The molecule has 1 amide bonds. The molecule has 2 aliphatic rings. The zero-order valence-corrected chi connectivity index (χ0v) is 12.3. The molecule has 0 bridgehead atoms. The van der Waals surface area contributed by atoms with Crippen LogP contribution in [0.25, 0.3) is 0 Å². The lowest BCUT2D eigenvalue weighted by atomic mass is 9.99. The molecule has 3 nitrogen and oxygen atoms in total. The third-order valence-corrected chi connectivity index (χ3v) is 4.37. The molecule has 3 heteroatoms. The van der Waals surface area contributed by atoms with Crippen molar-refractivity contribution in [3.63, 3.8) is 0 Å². The molecule has 1 saturated carbocycles. The van der Waals surface area contributed by atoms with Gasteiger partial charge in [-0.1, -0.05) is 19.1 Å². The second-order valence-electron chi connectivity index (χ2n) is 6.35. The summed E-state index contributed by atoms with van der Waals surface area (Å²) in [4.78, 5) is 14.1. The maximum Gasteiger partial charge on any atom is 0.223 e. The van der Waals surface area contributed by atoms with Crippen molar-refractivity contribution in [2.24, 2.45) is 11.8 Å². The van der Waals surface area contributed by atoms with E-state index >= 15 is 0 Å². The van der Waals surface area contributed by atoms with Crippen LogP contribution < -0.4 is 10.2 Å². The smallest absolute Gasteiger partial charge is 0.223 e. The minimum Gasteiger partial charge on any atom is -0.371 e. The normalized spacial score (nSPS) is 22.6. The summed E-state index contributed by atoms with van der Waals surface area (Å²) in [5.74, 6) is 1.31. The zero-order chi connectivity index (χ0) is 13.9. The van der Waals surface area contributed by atoms with E-state index in [2.05, 4.69) is 41.4 Å². The third-order valence-electron chi connectivity index (χ3n) is 4.37. The largest absolute Gasteiger partial charge is 0.371 e. The van der Waals surface area contributed by atoms with Crippen LogP contribution in [0.1, 0.15) is 38.2 Å². The average Bonchev–Trinajstić information content (AvgIpc) is 3.30. The molecule has 108 valence electrons. The fraction of sp³-hybridized carbons (Fsp3) is 0.588. The number of benzene rings is 1. The van der Waals surface area contributed by atoms with Crippen LogP contribution in [0.4, 0.5) is 5.69 Å². The van der Waals surface area contributed by atoms with Gasteiger partial charge in [-0.15, -0.1) is 0 Å². The molecule has 1 saturated heterocycles. The highest BCUT2D eigenvalue weighted by Gasteiger charge is 2.29. The van der Waals surface area contributed by atoms with Crippen molar-refractivity contribution in [1.82, 2.24) is 5.32 Å². The highest BCUT2D eigenvalue weighted by Crippen LogP contribution is 2.29. The van der Waals surface area contributed by atoms with Crippen molar-refractivity contribution in [3.8, 4) is 0 Å². The van der Waals surface area contributed by atoms with Crippen molar-refractivity contribution >= 4 is 11.6 Å². The van der Waals surface area contributed by atoms with E-state index < -0.39 is 0 Å². The van der Waals surface area contributed by atoms with E-state index in [4.69, 9.17) is 0 Å². The molecule has 1 aromatic carbocycles. The van der Waals surface area contributed by atoms with Crippen LogP contribution in [0.5, 0.6) is 0 Å². The fourth-order valence-electron chi connectivity index (χ4n) is 2.93. The Labute approximate surface area is 121 Å². The lowest BCUT2D eigenvalue weighted by molar-refractivity contribution is -0.122. The topological polar surface area (TPSA) is 32.3 Å². The Morgan fingerprint density at radius 3 is 2.65 bits per heavy atom. The minimum atomic E-state index is 0.221. The molecule has 1 atom stereocenters. The number of anilines is 1. The number of nitrogens with one attached hydrogen (secondary N) is 1. The predicted molar refractivity (Wildman–Crippen MR) is 81.6 cm³/mol. The van der Waals surface area contributed by atoms with E-state index in [-0.39, 0.29) is 5.91 Å². The number of carbonyl (C=O) groups is 1. The Balaban J connectivity index is 1.55. The molecule has 3 rings (SSSR count). The maximum absolute atomic E-state index is 11.6. The van der Waals surface area contributed by atoms with Crippen molar-refractivity contribution < 1.29 is 4.79 Å². The van der Waals surface area contributed by atoms with Crippen molar-refractivity contribution in [1.29, 1.82) is 0 Å². The van der Waals surface area contributed by atoms with Crippen molar-refractivity contribution in [2.75, 3.05) is 18.0 Å². The minimum absolute atomic E-state index is 0.221. The molecule has 1 heterocycles. The highest BCUT2D eigenvalue weighted by atomic mass is 16.2. The second-order valence-corrected chi connectivity index (χ2v) is 6.35. The van der Waals surface area contributed by atoms with E-state index in [1.165, 1.54) is 30.6 Å². The van der Waals surface area contributed by atoms with Crippen LogP contribution in [0.3, 0.4) is 0 Å². The van der Waals surface area contributed by atoms with Gasteiger partial charge >= 0.3 is 0 Å². The zero-order valence-electron chi connectivity index (χ0n) is 12.3. The number of hydrogen-bond donors (Lipinski definition) is 1. The lowest BCUT2D eigenvalue weighted by Gasteiger charge is -2.32. The van der Waals surface area contributed by atoms with Crippen LogP contribution >= 0.6 is 0 Å². The second kappa shape index (κ2) is 5.86. The Morgan fingerprint density at radius 2 is 2.00 bits per heavy atom. The number of amides is 1. The van der Waals surface area contributed by atoms with Gasteiger partial charge in [0.1, 0.15) is 0 Å². The summed E-state index contributed by atoms with van der Waals surface area (Å²) in [6.07, 6.45) is 4.78. The molecular formula is C17H24N2O. The van der Waals surface area contributed by atoms with Crippen LogP contribution in [0.2, 0.25) is 0 Å². The fourth-order valence-corrected chi connectivity index (χ4v) is 2.93. The first-order chi connectivity index (χ1) is 9.72. The van der Waals surface area contributed by atoms with Gasteiger partial charge in [-0.2, -0.15) is 0 Å². The van der Waals surface area contributed by atoms with Crippen molar-refractivity contribution in [2.45, 2.75) is 39.2 Å². The van der Waals surface area contributed by atoms with Gasteiger partial charge in [0.05, 0.1) is 0 Å². The summed E-state index contributed by atoms with van der Waals surface area (Å²) in [5.41, 5.74) is 2.50. The van der Waals surface area contributed by atoms with E-state index in [9.17, 15) is 4.79 Å². The molecule has 20 heavy (non-hydrogen) atoms. The Morgan fingerprint density at radius 1 is 1.25 bits per heavy atom. The molecule has 1 N–H and O–H groups in total. The first-order valence-corrected chi connectivity index (χ1v) is 7.84. The van der Waals surface area contributed by atoms with Crippen LogP contribution in [0.15, 0.2) is 24.3 Å². The van der Waals surface area contributed by atoms with E-state index in [1.54, 1.807) is 0 Å². The Kier molecular flexibility index (Phi) is 3.95. The summed E-state index contributed by atoms with van der Waals surface area (Å²) in [7, 11) is 0. The van der Waals surface area contributed by atoms with Gasteiger partial charge in [0.2, 0.25) is 5.91 Å². The Bertz CT molecular complexity index is 464. The highest BCUT2D eigenvalue weighted by molar-refractivity contribution is 5.80. The summed E-state index contributed by atoms with van der Waals surface area (Å²) in [6, 6.07) is 8.66. The van der Waals surface area contributed by atoms with Crippen LogP contribution in [-0.2, 0) is 11.3 Å². The lowest BCUT2D eigenvalue weighted by Crippen LogP contribution is -2.34. The number of rotatable bonds is 4. The third kappa shape index (κ3) is 3.33. The molecule has 0 radical (unpaired) electrons. The monoisotopic (exact) mass is 272 g/mol. The van der Waals surface area contributed by atoms with Crippen LogP contribution in [-0.4, -0.2) is 19.0 Å². The van der Waals surface area contributed by atoms with Crippen LogP contribution in [0, 0.1) is 11.8 Å². The van der Waals surface area contributed by atoms with Crippen molar-refractivity contribution in [3.05, 3.63) is 29.8 Å². The molecule has 0 aromatic heterocycles. The van der Waals surface area contributed by atoms with E-state index in [0.717, 1.165) is 25.3 Å². The number of hydrogen-bond acceptors (Lipinski definition) is 2. The molecular weight excluding hydrogens is 248 g/mol. The molecule has 0 unspecified atom stereocenters. The number of nitrogens with zero attached hydrogens (tertiary/aromatic N) is 1. The molecule has 2 fully saturated rings. The molecule has 0 spiro atoms. The summed E-state index contributed by atoms with van der Waals surface area (Å²) >= 11 is 0. The average molecular weight is 272 g/mol. The van der Waals surface area contributed by atoms with Gasteiger partial charge in [-0.05, 0) is 49.3 Å². The van der Waals surface area contributed by atoms with Gasteiger partial charge in [0.25, 0.3) is 0 Å². The molecule has 1 aliphatic heterocycles. The predicted octanol–water partition coefficient (Wildman–Crippen LogP) is 2.95. The number of carbonyl (C=O) groups excluding carboxylic acids is 1. The first kappa shape index (κ1) is 13.5. The summed E-state index contributed by atoms with van der Waals surface area (Å²) in [5, 5.41) is 3.01. The summed E-state index contributed by atoms with van der Waals surface area (Å²) < 4.78 is 0. The first-order valence-electron chi connectivity index (χ1n) is 7.84. The van der Waals surface area contributed by atoms with Gasteiger partial charge in [-0.25, -0.2) is 0 Å². The quantitative estimate of drug-likeness (QED) is 0.914. The molecule has 1 aliphatic carbocycles. The molecule has 1 aromatic rings. The van der Waals surface area contributed by atoms with E-state index in [1.807, 2.05) is 0 Å². The van der Waals surface area contributed by atoms with Gasteiger partial charge < -0.3 is 10.2 Å². The van der Waals surface area contributed by atoms with Gasteiger partial charge in [-0.3, -0.25) is 4.79 Å². The standard InChI is InChI=1S/C17H24N2O/c1-13-3-2-10-19(12-13)16-8-4-14(5-9-16)11-18-17(20)15-6-7-15/h4-5,8-9,13,15H,2-3,6-7,10-12H2,1H3,(H,18,20)/t13-/m1/s1.